The zero-order valence-corrected chi connectivity index (χ0v) is 12.9. The molecule has 3 rings (SSSR count). The lowest BCUT2D eigenvalue weighted by atomic mass is 9.78. The highest BCUT2D eigenvalue weighted by molar-refractivity contribution is 5.79. The van der Waals surface area contributed by atoms with Gasteiger partial charge in [0.25, 0.3) is 0 Å². The van der Waals surface area contributed by atoms with Crippen LogP contribution in [0, 0.1) is 0 Å². The lowest BCUT2D eigenvalue weighted by Crippen LogP contribution is -2.56. The molecule has 0 radical (unpaired) electrons. The van der Waals surface area contributed by atoms with E-state index in [2.05, 4.69) is 28.7 Å². The van der Waals surface area contributed by atoms with Gasteiger partial charge in [0.15, 0.2) is 0 Å². The minimum absolute atomic E-state index is 0.237. The van der Waals surface area contributed by atoms with E-state index in [4.69, 9.17) is 0 Å². The molecule has 2 saturated carbocycles. The molecule has 0 spiro atoms. The molecule has 5 nitrogen and oxygen atoms in total. The summed E-state index contributed by atoms with van der Waals surface area (Å²) >= 11 is 0. The second kappa shape index (κ2) is 5.44. The molecule has 1 aromatic heterocycles. The fourth-order valence-corrected chi connectivity index (χ4v) is 3.57. The summed E-state index contributed by atoms with van der Waals surface area (Å²) in [5, 5.41) is 13.2. The molecule has 0 amide bonds. The number of carboxylic acid groups (broad SMARTS) is 1. The number of aromatic nitrogens is 2. The van der Waals surface area contributed by atoms with Crippen LogP contribution in [0.15, 0.2) is 12.4 Å². The highest BCUT2D eigenvalue weighted by Gasteiger charge is 2.46. The van der Waals surface area contributed by atoms with Crippen molar-refractivity contribution in [2.24, 2.45) is 0 Å². The molecule has 21 heavy (non-hydrogen) atoms. The Morgan fingerprint density at radius 2 is 2.24 bits per heavy atom. The average Bonchev–Trinajstić information content (AvgIpc) is 3.10. The number of imidazole rings is 1. The molecular weight excluding hydrogens is 266 g/mol. The Balaban J connectivity index is 1.83. The van der Waals surface area contributed by atoms with Gasteiger partial charge < -0.3 is 9.67 Å². The molecule has 0 saturated heterocycles. The van der Waals surface area contributed by atoms with Crippen molar-refractivity contribution in [2.75, 3.05) is 0 Å². The van der Waals surface area contributed by atoms with Crippen molar-refractivity contribution in [3.63, 3.8) is 0 Å². The van der Waals surface area contributed by atoms with Crippen LogP contribution in [0.3, 0.4) is 0 Å². The van der Waals surface area contributed by atoms with Crippen LogP contribution in [-0.4, -0.2) is 32.2 Å². The van der Waals surface area contributed by atoms with Crippen molar-refractivity contribution in [2.45, 2.75) is 75.9 Å². The monoisotopic (exact) mass is 291 g/mol. The van der Waals surface area contributed by atoms with Crippen molar-refractivity contribution >= 4 is 5.97 Å². The summed E-state index contributed by atoms with van der Waals surface area (Å²) in [6.07, 6.45) is 9.46. The van der Waals surface area contributed by atoms with Crippen molar-refractivity contribution in [3.8, 4) is 0 Å². The van der Waals surface area contributed by atoms with Crippen molar-refractivity contribution in [3.05, 3.63) is 18.2 Å². The Morgan fingerprint density at radius 3 is 2.86 bits per heavy atom. The highest BCUT2D eigenvalue weighted by Crippen LogP contribution is 2.39. The van der Waals surface area contributed by atoms with Crippen LogP contribution in [0.1, 0.15) is 70.2 Å². The van der Waals surface area contributed by atoms with Gasteiger partial charge in [-0.3, -0.25) is 10.1 Å². The number of hydrogen-bond donors (Lipinski definition) is 2. The Bertz CT molecular complexity index is 521. The highest BCUT2D eigenvalue weighted by atomic mass is 16.4. The van der Waals surface area contributed by atoms with Crippen molar-refractivity contribution in [1.82, 2.24) is 14.9 Å². The smallest absolute Gasteiger partial charge is 0.323 e. The fraction of sp³-hybridized carbons (Fsp3) is 0.750. The van der Waals surface area contributed by atoms with Gasteiger partial charge in [-0.2, -0.15) is 0 Å². The van der Waals surface area contributed by atoms with E-state index >= 15 is 0 Å². The van der Waals surface area contributed by atoms with Gasteiger partial charge in [0, 0.05) is 30.4 Å². The number of carbonyl (C=O) groups is 1. The Morgan fingerprint density at radius 1 is 1.48 bits per heavy atom. The largest absolute Gasteiger partial charge is 0.480 e. The number of carboxylic acids is 1. The third kappa shape index (κ3) is 2.84. The van der Waals surface area contributed by atoms with Crippen LogP contribution < -0.4 is 5.32 Å². The standard InChI is InChI=1S/C16H25N3O2/c1-11(2)14-17-8-9-19(14)13-4-3-7-16(10-13,15(20)21)18-12-5-6-12/h8-9,11-13,18H,3-7,10H2,1-2H3,(H,20,21). The van der Waals surface area contributed by atoms with E-state index in [0.717, 1.165) is 37.9 Å². The Labute approximate surface area is 125 Å². The summed E-state index contributed by atoms with van der Waals surface area (Å²) in [7, 11) is 0. The van der Waals surface area contributed by atoms with E-state index in [1.165, 1.54) is 0 Å². The SMILES string of the molecule is CC(C)c1nccn1C1CCCC(NC2CC2)(C(=O)O)C1. The second-order valence-electron chi connectivity index (χ2n) is 6.90. The van der Waals surface area contributed by atoms with Gasteiger partial charge in [0.1, 0.15) is 11.4 Å². The molecule has 2 aliphatic rings. The Kier molecular flexibility index (Phi) is 3.78. The minimum atomic E-state index is -0.747. The minimum Gasteiger partial charge on any atom is -0.480 e. The van der Waals surface area contributed by atoms with E-state index in [1.807, 2.05) is 12.4 Å². The third-order valence-electron chi connectivity index (χ3n) is 4.80. The first-order valence-electron chi connectivity index (χ1n) is 8.06. The summed E-state index contributed by atoms with van der Waals surface area (Å²) in [5.41, 5.74) is -0.747. The van der Waals surface area contributed by atoms with E-state index in [9.17, 15) is 9.90 Å². The molecule has 2 unspecified atom stereocenters. The zero-order chi connectivity index (χ0) is 15.0. The summed E-state index contributed by atoms with van der Waals surface area (Å²) in [6.45, 7) is 4.27. The summed E-state index contributed by atoms with van der Waals surface area (Å²) in [6, 6.07) is 0.646. The molecule has 0 aliphatic heterocycles. The second-order valence-corrected chi connectivity index (χ2v) is 6.90. The molecule has 2 aliphatic carbocycles. The summed E-state index contributed by atoms with van der Waals surface area (Å²) in [5.74, 6) is 0.732. The molecule has 1 heterocycles. The number of nitrogens with one attached hydrogen (secondary N) is 1. The van der Waals surface area contributed by atoms with E-state index in [1.54, 1.807) is 0 Å². The summed E-state index contributed by atoms with van der Waals surface area (Å²) in [4.78, 5) is 16.3. The van der Waals surface area contributed by atoms with Crippen molar-refractivity contribution in [1.29, 1.82) is 0 Å². The number of aliphatic carboxylic acids is 1. The normalized spacial score (nSPS) is 29.8. The molecular formula is C16H25N3O2. The lowest BCUT2D eigenvalue weighted by molar-refractivity contribution is -0.147. The predicted octanol–water partition coefficient (Wildman–Crippen LogP) is 2.70. The van der Waals surface area contributed by atoms with Gasteiger partial charge in [-0.25, -0.2) is 4.98 Å². The van der Waals surface area contributed by atoms with E-state index in [-0.39, 0.29) is 6.04 Å². The maximum atomic E-state index is 11.9. The van der Waals surface area contributed by atoms with Crippen molar-refractivity contribution < 1.29 is 9.90 Å². The first-order chi connectivity index (χ1) is 10.0. The first-order valence-corrected chi connectivity index (χ1v) is 8.06. The lowest BCUT2D eigenvalue weighted by Gasteiger charge is -2.39. The molecule has 1 aromatic rings. The van der Waals surface area contributed by atoms with Gasteiger partial charge in [-0.15, -0.1) is 0 Å². The van der Waals surface area contributed by atoms with Crippen LogP contribution in [0.2, 0.25) is 0 Å². The van der Waals surface area contributed by atoms with Gasteiger partial charge in [0.2, 0.25) is 0 Å². The predicted molar refractivity (Wildman–Crippen MR) is 80.3 cm³/mol. The maximum Gasteiger partial charge on any atom is 0.323 e. The number of nitrogens with zero attached hydrogens (tertiary/aromatic N) is 2. The third-order valence-corrected chi connectivity index (χ3v) is 4.80. The van der Waals surface area contributed by atoms with Crippen LogP contribution in [0.25, 0.3) is 0 Å². The quantitative estimate of drug-likeness (QED) is 0.875. The summed E-state index contributed by atoms with van der Waals surface area (Å²) < 4.78 is 2.20. The maximum absolute atomic E-state index is 11.9. The zero-order valence-electron chi connectivity index (χ0n) is 12.9. The van der Waals surface area contributed by atoms with Crippen LogP contribution in [-0.2, 0) is 4.79 Å². The molecule has 0 aromatic carbocycles. The van der Waals surface area contributed by atoms with Crippen LogP contribution in [0.5, 0.6) is 0 Å². The molecule has 0 bridgehead atoms. The molecule has 2 fully saturated rings. The number of rotatable bonds is 5. The first kappa shape index (κ1) is 14.6. The molecule has 5 heteroatoms. The van der Waals surface area contributed by atoms with Crippen LogP contribution in [0.4, 0.5) is 0 Å². The van der Waals surface area contributed by atoms with E-state index in [0.29, 0.717) is 18.4 Å². The van der Waals surface area contributed by atoms with Gasteiger partial charge >= 0.3 is 5.97 Å². The van der Waals surface area contributed by atoms with Gasteiger partial charge in [-0.05, 0) is 38.5 Å². The molecule has 2 atom stereocenters. The molecule has 2 N–H and O–H groups in total. The number of hydrogen-bond acceptors (Lipinski definition) is 3. The van der Waals surface area contributed by atoms with E-state index < -0.39 is 11.5 Å². The Hall–Kier alpha value is -1.36. The topological polar surface area (TPSA) is 67.2 Å². The van der Waals surface area contributed by atoms with Gasteiger partial charge in [-0.1, -0.05) is 13.8 Å². The molecule has 116 valence electrons. The van der Waals surface area contributed by atoms with Gasteiger partial charge in [0.05, 0.1) is 0 Å². The fourth-order valence-electron chi connectivity index (χ4n) is 3.57. The average molecular weight is 291 g/mol. The van der Waals surface area contributed by atoms with Crippen LogP contribution >= 0.6 is 0 Å².